The van der Waals surface area contributed by atoms with Crippen LogP contribution in [0.4, 0.5) is 14.9 Å². The molecular formula is C23H30FN3O2. The van der Waals surface area contributed by atoms with E-state index in [-0.39, 0.29) is 11.8 Å². The Hall–Kier alpha value is -2.60. The SMILES string of the molecule is COc1cccc(NC(=O)NCCCN2CCCC(c3cccc(F)c3)C2C)c1. The Kier molecular flexibility index (Phi) is 7.47. The third-order valence-corrected chi connectivity index (χ3v) is 5.63. The number of amides is 2. The number of hydrogen-bond acceptors (Lipinski definition) is 3. The summed E-state index contributed by atoms with van der Waals surface area (Å²) in [6.07, 6.45) is 3.06. The molecule has 0 aliphatic carbocycles. The highest BCUT2D eigenvalue weighted by atomic mass is 19.1. The maximum atomic E-state index is 13.6. The molecule has 5 nitrogen and oxygen atoms in total. The van der Waals surface area contributed by atoms with Crippen LogP contribution in [0.5, 0.6) is 5.75 Å². The number of ether oxygens (including phenoxy) is 1. The van der Waals surface area contributed by atoms with E-state index in [1.54, 1.807) is 25.3 Å². The molecule has 0 bridgehead atoms. The molecule has 1 aliphatic heterocycles. The first-order chi connectivity index (χ1) is 14.1. The Labute approximate surface area is 172 Å². The summed E-state index contributed by atoms with van der Waals surface area (Å²) < 4.78 is 18.8. The summed E-state index contributed by atoms with van der Waals surface area (Å²) in [7, 11) is 1.60. The summed E-state index contributed by atoms with van der Waals surface area (Å²) in [5, 5.41) is 5.72. The van der Waals surface area contributed by atoms with E-state index in [9.17, 15) is 9.18 Å². The number of halogens is 1. The standard InChI is InChI=1S/C23H30FN3O2/c1-17-22(18-7-3-8-19(24)15-18)11-5-13-27(17)14-6-12-25-23(28)26-20-9-4-10-21(16-20)29-2/h3-4,7-10,15-17,22H,5-6,11-14H2,1-2H3,(H2,25,26,28). The van der Waals surface area contributed by atoms with Crippen molar-refractivity contribution >= 4 is 11.7 Å². The van der Waals surface area contributed by atoms with Gasteiger partial charge in [0, 0.05) is 30.9 Å². The van der Waals surface area contributed by atoms with Crippen LogP contribution >= 0.6 is 0 Å². The maximum absolute atomic E-state index is 13.6. The van der Waals surface area contributed by atoms with Gasteiger partial charge in [0.2, 0.25) is 0 Å². The molecule has 0 aromatic heterocycles. The Morgan fingerprint density at radius 3 is 2.86 bits per heavy atom. The molecule has 2 atom stereocenters. The van der Waals surface area contributed by atoms with Gasteiger partial charge in [-0.25, -0.2) is 9.18 Å². The molecule has 2 aromatic carbocycles. The van der Waals surface area contributed by atoms with Crippen LogP contribution in [0.15, 0.2) is 48.5 Å². The van der Waals surface area contributed by atoms with E-state index in [2.05, 4.69) is 22.5 Å². The largest absolute Gasteiger partial charge is 0.497 e. The van der Waals surface area contributed by atoms with Crippen LogP contribution in [0.1, 0.15) is 37.7 Å². The Bertz CT molecular complexity index is 814. The van der Waals surface area contributed by atoms with E-state index in [0.29, 0.717) is 29.9 Å². The summed E-state index contributed by atoms with van der Waals surface area (Å²) in [6, 6.07) is 14.4. The zero-order valence-electron chi connectivity index (χ0n) is 17.2. The molecule has 0 saturated carbocycles. The number of anilines is 1. The third-order valence-electron chi connectivity index (χ3n) is 5.63. The molecule has 3 rings (SSSR count). The second-order valence-electron chi connectivity index (χ2n) is 7.55. The van der Waals surface area contributed by atoms with Gasteiger partial charge in [0.25, 0.3) is 0 Å². The molecule has 156 valence electrons. The van der Waals surface area contributed by atoms with Crippen molar-refractivity contribution < 1.29 is 13.9 Å². The number of carbonyl (C=O) groups is 1. The van der Waals surface area contributed by atoms with Gasteiger partial charge < -0.3 is 15.4 Å². The molecule has 29 heavy (non-hydrogen) atoms. The molecule has 2 unspecified atom stereocenters. The molecule has 1 heterocycles. The maximum Gasteiger partial charge on any atom is 0.319 e. The number of likely N-dealkylation sites (tertiary alicyclic amines) is 1. The van der Waals surface area contributed by atoms with E-state index >= 15 is 0 Å². The number of benzene rings is 2. The van der Waals surface area contributed by atoms with Gasteiger partial charge in [-0.2, -0.15) is 0 Å². The van der Waals surface area contributed by atoms with Gasteiger partial charge in [-0.05, 0) is 68.5 Å². The summed E-state index contributed by atoms with van der Waals surface area (Å²) in [5.41, 5.74) is 1.78. The van der Waals surface area contributed by atoms with Crippen LogP contribution < -0.4 is 15.4 Å². The van der Waals surface area contributed by atoms with Gasteiger partial charge in [-0.1, -0.05) is 18.2 Å². The van der Waals surface area contributed by atoms with Crippen molar-refractivity contribution in [2.45, 2.75) is 38.1 Å². The number of nitrogens with one attached hydrogen (secondary N) is 2. The zero-order chi connectivity index (χ0) is 20.6. The van der Waals surface area contributed by atoms with Crippen LogP contribution in [0.3, 0.4) is 0 Å². The molecule has 2 N–H and O–H groups in total. The van der Waals surface area contributed by atoms with Gasteiger partial charge in [0.05, 0.1) is 7.11 Å². The average molecular weight is 400 g/mol. The number of urea groups is 1. The lowest BCUT2D eigenvalue weighted by Gasteiger charge is -2.39. The van der Waals surface area contributed by atoms with E-state index < -0.39 is 0 Å². The normalized spacial score (nSPS) is 19.6. The molecule has 0 spiro atoms. The summed E-state index contributed by atoms with van der Waals surface area (Å²) in [4.78, 5) is 14.5. The lowest BCUT2D eigenvalue weighted by atomic mass is 9.84. The molecule has 0 radical (unpaired) electrons. The van der Waals surface area contributed by atoms with E-state index in [4.69, 9.17) is 4.74 Å². The van der Waals surface area contributed by atoms with Crippen LogP contribution in [0.2, 0.25) is 0 Å². The second-order valence-corrected chi connectivity index (χ2v) is 7.55. The van der Waals surface area contributed by atoms with Crippen molar-refractivity contribution in [2.24, 2.45) is 0 Å². The quantitative estimate of drug-likeness (QED) is 0.669. The Morgan fingerprint density at radius 1 is 1.24 bits per heavy atom. The average Bonchev–Trinajstić information content (AvgIpc) is 2.72. The number of piperidine rings is 1. The van der Waals surface area contributed by atoms with Gasteiger partial charge >= 0.3 is 6.03 Å². The predicted molar refractivity (Wildman–Crippen MR) is 114 cm³/mol. The Balaban J connectivity index is 1.43. The van der Waals surface area contributed by atoms with Gasteiger partial charge in [-0.15, -0.1) is 0 Å². The number of hydrogen-bond donors (Lipinski definition) is 2. The molecule has 2 amide bonds. The smallest absolute Gasteiger partial charge is 0.319 e. The first-order valence-corrected chi connectivity index (χ1v) is 10.3. The minimum atomic E-state index is -0.220. The monoisotopic (exact) mass is 399 g/mol. The predicted octanol–water partition coefficient (Wildman–Crippen LogP) is 4.61. The lowest BCUT2D eigenvalue weighted by Crippen LogP contribution is -2.43. The molecule has 6 heteroatoms. The lowest BCUT2D eigenvalue weighted by molar-refractivity contribution is 0.137. The molecular weight excluding hydrogens is 369 g/mol. The van der Waals surface area contributed by atoms with Crippen LogP contribution in [0.25, 0.3) is 0 Å². The van der Waals surface area contributed by atoms with Crippen molar-refractivity contribution in [3.8, 4) is 5.75 Å². The molecule has 1 aliphatic rings. The third kappa shape index (κ3) is 5.94. The van der Waals surface area contributed by atoms with Crippen LogP contribution in [0, 0.1) is 5.82 Å². The van der Waals surface area contributed by atoms with Crippen LogP contribution in [-0.4, -0.2) is 43.7 Å². The Morgan fingerprint density at radius 2 is 2.07 bits per heavy atom. The topological polar surface area (TPSA) is 53.6 Å². The van der Waals surface area contributed by atoms with Crippen molar-refractivity contribution in [1.82, 2.24) is 10.2 Å². The molecule has 2 aromatic rings. The van der Waals surface area contributed by atoms with E-state index in [1.165, 1.54) is 6.07 Å². The molecule has 1 saturated heterocycles. The first kappa shape index (κ1) is 21.1. The fraction of sp³-hybridized carbons (Fsp3) is 0.435. The highest BCUT2D eigenvalue weighted by Crippen LogP contribution is 2.32. The van der Waals surface area contributed by atoms with Gasteiger partial charge in [0.1, 0.15) is 11.6 Å². The minimum absolute atomic E-state index is 0.168. The second kappa shape index (κ2) is 10.3. The fourth-order valence-corrected chi connectivity index (χ4v) is 4.07. The molecule has 1 fully saturated rings. The number of methoxy groups -OCH3 is 1. The van der Waals surface area contributed by atoms with Crippen molar-refractivity contribution in [3.63, 3.8) is 0 Å². The zero-order valence-corrected chi connectivity index (χ0v) is 17.2. The summed E-state index contributed by atoms with van der Waals surface area (Å²) in [5.74, 6) is 0.886. The van der Waals surface area contributed by atoms with E-state index in [1.807, 2.05) is 24.3 Å². The number of carbonyl (C=O) groups excluding carboxylic acids is 1. The van der Waals surface area contributed by atoms with Crippen LogP contribution in [-0.2, 0) is 0 Å². The number of rotatable bonds is 7. The van der Waals surface area contributed by atoms with E-state index in [0.717, 1.165) is 37.9 Å². The summed E-state index contributed by atoms with van der Waals surface area (Å²) in [6.45, 7) is 4.77. The van der Waals surface area contributed by atoms with Crippen molar-refractivity contribution in [3.05, 3.63) is 59.9 Å². The first-order valence-electron chi connectivity index (χ1n) is 10.3. The van der Waals surface area contributed by atoms with Gasteiger partial charge in [-0.3, -0.25) is 4.90 Å². The fourth-order valence-electron chi connectivity index (χ4n) is 4.07. The van der Waals surface area contributed by atoms with Crippen molar-refractivity contribution in [1.29, 1.82) is 0 Å². The van der Waals surface area contributed by atoms with Crippen molar-refractivity contribution in [2.75, 3.05) is 32.1 Å². The van der Waals surface area contributed by atoms with Gasteiger partial charge in [0.15, 0.2) is 0 Å². The minimum Gasteiger partial charge on any atom is -0.497 e. The number of nitrogens with zero attached hydrogens (tertiary/aromatic N) is 1. The highest BCUT2D eigenvalue weighted by molar-refractivity contribution is 5.89. The summed E-state index contributed by atoms with van der Waals surface area (Å²) >= 11 is 0. The highest BCUT2D eigenvalue weighted by Gasteiger charge is 2.28.